The number of unbranched alkanes of at least 4 members (excludes halogenated alkanes) is 2. The maximum atomic E-state index is 5.80. The number of nitrogens with zero attached hydrogens (tertiary/aromatic N) is 1. The lowest BCUT2D eigenvalue weighted by molar-refractivity contribution is 0.306. The molecule has 0 amide bonds. The van der Waals surface area contributed by atoms with E-state index in [0.717, 1.165) is 45.0 Å². The highest BCUT2D eigenvalue weighted by molar-refractivity contribution is 5.56. The van der Waals surface area contributed by atoms with Crippen LogP contribution in [-0.2, 0) is 0 Å². The maximum Gasteiger partial charge on any atom is 0.119 e. The van der Waals surface area contributed by atoms with Gasteiger partial charge in [0.2, 0.25) is 0 Å². The normalized spacial score (nSPS) is 15.6. The number of anilines is 1. The van der Waals surface area contributed by atoms with E-state index in [1.165, 1.54) is 24.1 Å². The van der Waals surface area contributed by atoms with Crippen molar-refractivity contribution in [3.05, 3.63) is 23.8 Å². The van der Waals surface area contributed by atoms with Gasteiger partial charge in [-0.25, -0.2) is 0 Å². The summed E-state index contributed by atoms with van der Waals surface area (Å²) in [5, 5.41) is 3.39. The van der Waals surface area contributed by atoms with Crippen molar-refractivity contribution < 1.29 is 4.74 Å². The Morgan fingerprint density at radius 2 is 2.00 bits per heavy atom. The van der Waals surface area contributed by atoms with Crippen LogP contribution in [0, 0.1) is 6.92 Å². The quantitative estimate of drug-likeness (QED) is 0.798. The molecule has 0 saturated carbocycles. The van der Waals surface area contributed by atoms with E-state index in [9.17, 15) is 0 Å². The van der Waals surface area contributed by atoms with E-state index in [1.807, 2.05) is 0 Å². The summed E-state index contributed by atoms with van der Waals surface area (Å²) in [6.45, 7) is 9.57. The number of hydrogen-bond donors (Lipinski definition) is 1. The minimum absolute atomic E-state index is 0.834. The molecule has 1 aromatic rings. The van der Waals surface area contributed by atoms with Crippen LogP contribution in [0.5, 0.6) is 5.75 Å². The van der Waals surface area contributed by atoms with E-state index < -0.39 is 0 Å². The summed E-state index contributed by atoms with van der Waals surface area (Å²) in [6.07, 6.45) is 3.64. The third-order valence-electron chi connectivity index (χ3n) is 3.64. The second-order valence-corrected chi connectivity index (χ2v) is 5.24. The molecule has 106 valence electrons. The van der Waals surface area contributed by atoms with Gasteiger partial charge in [-0.1, -0.05) is 19.8 Å². The molecule has 19 heavy (non-hydrogen) atoms. The minimum atomic E-state index is 0.834. The largest absolute Gasteiger partial charge is 0.494 e. The molecule has 1 aliphatic rings. The molecular weight excluding hydrogens is 236 g/mol. The van der Waals surface area contributed by atoms with Gasteiger partial charge in [0.05, 0.1) is 6.61 Å². The Bertz CT molecular complexity index is 386. The fourth-order valence-electron chi connectivity index (χ4n) is 2.52. The zero-order chi connectivity index (χ0) is 13.5. The third kappa shape index (κ3) is 4.13. The van der Waals surface area contributed by atoms with Gasteiger partial charge in [0.1, 0.15) is 5.75 Å². The fourth-order valence-corrected chi connectivity index (χ4v) is 2.52. The summed E-state index contributed by atoms with van der Waals surface area (Å²) in [5.74, 6) is 1.01. The molecule has 1 N–H and O–H groups in total. The first-order chi connectivity index (χ1) is 9.31. The molecule has 0 spiro atoms. The Morgan fingerprint density at radius 1 is 1.21 bits per heavy atom. The molecule has 2 rings (SSSR count). The predicted molar refractivity (Wildman–Crippen MR) is 81.3 cm³/mol. The van der Waals surface area contributed by atoms with Gasteiger partial charge in [-0.15, -0.1) is 0 Å². The summed E-state index contributed by atoms with van der Waals surface area (Å²) in [7, 11) is 0. The average molecular weight is 262 g/mol. The Balaban J connectivity index is 1.92. The van der Waals surface area contributed by atoms with Crippen LogP contribution in [0.25, 0.3) is 0 Å². The van der Waals surface area contributed by atoms with Crippen LogP contribution in [0.1, 0.15) is 31.7 Å². The smallest absolute Gasteiger partial charge is 0.119 e. The summed E-state index contributed by atoms with van der Waals surface area (Å²) >= 11 is 0. The molecule has 1 aliphatic heterocycles. The van der Waals surface area contributed by atoms with Crippen molar-refractivity contribution in [2.24, 2.45) is 0 Å². The topological polar surface area (TPSA) is 24.5 Å². The van der Waals surface area contributed by atoms with Crippen LogP contribution in [0.15, 0.2) is 18.2 Å². The van der Waals surface area contributed by atoms with Gasteiger partial charge in [-0.3, -0.25) is 0 Å². The number of benzene rings is 1. The minimum Gasteiger partial charge on any atom is -0.494 e. The van der Waals surface area contributed by atoms with E-state index in [-0.39, 0.29) is 0 Å². The second-order valence-electron chi connectivity index (χ2n) is 5.24. The molecule has 0 radical (unpaired) electrons. The molecule has 3 heteroatoms. The highest BCUT2D eigenvalue weighted by atomic mass is 16.5. The number of hydrogen-bond acceptors (Lipinski definition) is 3. The van der Waals surface area contributed by atoms with Gasteiger partial charge < -0.3 is 15.0 Å². The standard InChI is InChI=1S/C16H26N2O/c1-3-4-5-12-19-15-6-7-16(14(2)13-15)18-10-8-17-9-11-18/h6-7,13,17H,3-5,8-12H2,1-2H3. The summed E-state index contributed by atoms with van der Waals surface area (Å²) < 4.78 is 5.80. The van der Waals surface area contributed by atoms with Crippen LogP contribution < -0.4 is 15.0 Å². The Hall–Kier alpha value is -1.22. The Kier molecular flexibility index (Phi) is 5.52. The Morgan fingerprint density at radius 3 is 2.68 bits per heavy atom. The van der Waals surface area contributed by atoms with Gasteiger partial charge in [0, 0.05) is 31.9 Å². The zero-order valence-electron chi connectivity index (χ0n) is 12.2. The monoisotopic (exact) mass is 262 g/mol. The second kappa shape index (κ2) is 7.39. The van der Waals surface area contributed by atoms with Crippen LogP contribution in [-0.4, -0.2) is 32.8 Å². The van der Waals surface area contributed by atoms with Crippen LogP contribution in [0.4, 0.5) is 5.69 Å². The van der Waals surface area contributed by atoms with Gasteiger partial charge >= 0.3 is 0 Å². The van der Waals surface area contributed by atoms with Crippen molar-refractivity contribution in [1.82, 2.24) is 5.32 Å². The molecule has 1 heterocycles. The van der Waals surface area contributed by atoms with Crippen molar-refractivity contribution in [3.63, 3.8) is 0 Å². The highest BCUT2D eigenvalue weighted by Crippen LogP contribution is 2.25. The summed E-state index contributed by atoms with van der Waals surface area (Å²) in [6, 6.07) is 6.48. The third-order valence-corrected chi connectivity index (χ3v) is 3.64. The number of nitrogens with one attached hydrogen (secondary N) is 1. The van der Waals surface area contributed by atoms with E-state index in [1.54, 1.807) is 0 Å². The molecule has 0 aliphatic carbocycles. The predicted octanol–water partition coefficient (Wildman–Crippen LogP) is 2.97. The number of piperazine rings is 1. The summed E-state index contributed by atoms with van der Waals surface area (Å²) in [5.41, 5.74) is 2.66. The lowest BCUT2D eigenvalue weighted by atomic mass is 10.1. The maximum absolute atomic E-state index is 5.80. The van der Waals surface area contributed by atoms with Crippen molar-refractivity contribution in [2.75, 3.05) is 37.7 Å². The van der Waals surface area contributed by atoms with E-state index in [0.29, 0.717) is 0 Å². The van der Waals surface area contributed by atoms with E-state index in [2.05, 4.69) is 42.3 Å². The lowest BCUT2D eigenvalue weighted by Gasteiger charge is -2.30. The first kappa shape index (κ1) is 14.2. The highest BCUT2D eigenvalue weighted by Gasteiger charge is 2.12. The fraction of sp³-hybridized carbons (Fsp3) is 0.625. The average Bonchev–Trinajstić information content (AvgIpc) is 2.45. The van der Waals surface area contributed by atoms with Gasteiger partial charge in [0.25, 0.3) is 0 Å². The molecule has 0 bridgehead atoms. The molecule has 0 unspecified atom stereocenters. The molecule has 0 atom stereocenters. The Labute approximate surface area is 116 Å². The van der Waals surface area contributed by atoms with Crippen LogP contribution >= 0.6 is 0 Å². The van der Waals surface area contributed by atoms with Crippen molar-refractivity contribution in [3.8, 4) is 5.75 Å². The van der Waals surface area contributed by atoms with Crippen molar-refractivity contribution in [2.45, 2.75) is 33.1 Å². The molecule has 1 fully saturated rings. The van der Waals surface area contributed by atoms with Crippen molar-refractivity contribution >= 4 is 5.69 Å². The molecule has 0 aromatic heterocycles. The van der Waals surface area contributed by atoms with Gasteiger partial charge in [-0.05, 0) is 37.1 Å². The number of ether oxygens (including phenoxy) is 1. The SMILES string of the molecule is CCCCCOc1ccc(N2CCNCC2)c(C)c1. The number of rotatable bonds is 6. The molecule has 1 saturated heterocycles. The van der Waals surface area contributed by atoms with Crippen LogP contribution in [0.2, 0.25) is 0 Å². The van der Waals surface area contributed by atoms with E-state index >= 15 is 0 Å². The lowest BCUT2D eigenvalue weighted by Crippen LogP contribution is -2.43. The molecule has 1 aromatic carbocycles. The zero-order valence-corrected chi connectivity index (χ0v) is 12.2. The summed E-state index contributed by atoms with van der Waals surface area (Å²) in [4.78, 5) is 2.45. The molecule has 3 nitrogen and oxygen atoms in total. The van der Waals surface area contributed by atoms with Crippen LogP contribution in [0.3, 0.4) is 0 Å². The van der Waals surface area contributed by atoms with E-state index in [4.69, 9.17) is 4.74 Å². The first-order valence-electron chi connectivity index (χ1n) is 7.50. The van der Waals surface area contributed by atoms with Gasteiger partial charge in [0.15, 0.2) is 0 Å². The first-order valence-corrected chi connectivity index (χ1v) is 7.50. The van der Waals surface area contributed by atoms with Crippen molar-refractivity contribution in [1.29, 1.82) is 0 Å². The van der Waals surface area contributed by atoms with Gasteiger partial charge in [-0.2, -0.15) is 0 Å². The number of aryl methyl sites for hydroxylation is 1. The molecular formula is C16H26N2O.